The molecule has 0 aliphatic carbocycles. The lowest BCUT2D eigenvalue weighted by Crippen LogP contribution is -2.08. The Bertz CT molecular complexity index is 305. The summed E-state index contributed by atoms with van der Waals surface area (Å²) in [6.07, 6.45) is 0. The highest BCUT2D eigenvalue weighted by Crippen LogP contribution is 2.05. The zero-order valence-corrected chi connectivity index (χ0v) is 6.83. The van der Waals surface area contributed by atoms with E-state index in [0.717, 1.165) is 0 Å². The van der Waals surface area contributed by atoms with Crippen molar-refractivity contribution in [2.75, 3.05) is 6.61 Å². The van der Waals surface area contributed by atoms with Crippen molar-refractivity contribution in [1.82, 2.24) is 4.98 Å². The van der Waals surface area contributed by atoms with Crippen molar-refractivity contribution in [2.45, 2.75) is 13.5 Å². The van der Waals surface area contributed by atoms with Crippen LogP contribution >= 0.6 is 0 Å². The molecule has 2 N–H and O–H groups in total. The fourth-order valence-electron chi connectivity index (χ4n) is 0.897. The van der Waals surface area contributed by atoms with Crippen LogP contribution in [0.15, 0.2) is 16.9 Å². The number of rotatable bonds is 3. The average molecular weight is 169 g/mol. The molecular formula is C8H11NO3. The van der Waals surface area contributed by atoms with Gasteiger partial charge in [0, 0.05) is 12.1 Å². The molecule has 1 aromatic heterocycles. The Hall–Kier alpha value is -1.29. The van der Waals surface area contributed by atoms with Crippen molar-refractivity contribution in [3.63, 3.8) is 0 Å². The first-order valence-corrected chi connectivity index (χ1v) is 3.73. The van der Waals surface area contributed by atoms with Crippen LogP contribution in [0.2, 0.25) is 0 Å². The van der Waals surface area contributed by atoms with Crippen LogP contribution in [0.5, 0.6) is 5.88 Å². The van der Waals surface area contributed by atoms with E-state index in [9.17, 15) is 4.79 Å². The van der Waals surface area contributed by atoms with Gasteiger partial charge in [-0.15, -0.1) is 0 Å². The van der Waals surface area contributed by atoms with E-state index < -0.39 is 0 Å². The van der Waals surface area contributed by atoms with Crippen molar-refractivity contribution < 1.29 is 9.84 Å². The first kappa shape index (κ1) is 8.80. The Balaban J connectivity index is 2.98. The molecule has 4 heteroatoms. The molecule has 0 bridgehead atoms. The minimum absolute atomic E-state index is 0.149. The van der Waals surface area contributed by atoms with E-state index in [-0.39, 0.29) is 12.2 Å². The van der Waals surface area contributed by atoms with Gasteiger partial charge in [0.25, 0.3) is 5.56 Å². The van der Waals surface area contributed by atoms with Crippen molar-refractivity contribution in [1.29, 1.82) is 0 Å². The highest BCUT2D eigenvalue weighted by atomic mass is 16.5. The summed E-state index contributed by atoms with van der Waals surface area (Å²) < 4.78 is 5.06. The minimum atomic E-state index is -0.259. The molecule has 12 heavy (non-hydrogen) atoms. The predicted octanol–water partition coefficient (Wildman–Crippen LogP) is 0.266. The molecule has 4 nitrogen and oxygen atoms in total. The number of aromatic nitrogens is 1. The maximum absolute atomic E-state index is 10.9. The van der Waals surface area contributed by atoms with Crippen LogP contribution in [0.25, 0.3) is 0 Å². The van der Waals surface area contributed by atoms with E-state index in [0.29, 0.717) is 18.1 Å². The molecule has 0 saturated carbocycles. The van der Waals surface area contributed by atoms with Crippen LogP contribution in [-0.4, -0.2) is 16.7 Å². The van der Waals surface area contributed by atoms with Crippen molar-refractivity contribution in [3.05, 3.63) is 28.0 Å². The average Bonchev–Trinajstić information content (AvgIpc) is 2.04. The maximum atomic E-state index is 10.9. The summed E-state index contributed by atoms with van der Waals surface area (Å²) in [6.45, 7) is 2.17. The molecule has 0 spiro atoms. The lowest BCUT2D eigenvalue weighted by molar-refractivity contribution is 0.278. The molecule has 1 rings (SSSR count). The Morgan fingerprint density at radius 3 is 2.92 bits per heavy atom. The van der Waals surface area contributed by atoms with Crippen LogP contribution in [0.4, 0.5) is 0 Å². The van der Waals surface area contributed by atoms with Gasteiger partial charge in [-0.3, -0.25) is 9.78 Å². The van der Waals surface area contributed by atoms with Gasteiger partial charge in [-0.2, -0.15) is 0 Å². The number of aliphatic hydroxyl groups excluding tert-OH is 1. The summed E-state index contributed by atoms with van der Waals surface area (Å²) in [5, 5.41) is 8.75. The molecule has 0 aliphatic rings. The molecule has 0 saturated heterocycles. The lowest BCUT2D eigenvalue weighted by atomic mass is 10.3. The van der Waals surface area contributed by atoms with Gasteiger partial charge in [-0.05, 0) is 12.5 Å². The highest BCUT2D eigenvalue weighted by Gasteiger charge is 1.97. The summed E-state index contributed by atoms with van der Waals surface area (Å²) in [6, 6.07) is 2.94. The van der Waals surface area contributed by atoms with E-state index in [1.807, 2.05) is 6.92 Å². The minimum Gasteiger partial charge on any atom is -0.479 e. The SMILES string of the molecule is CCOc1cc(CO)cc(=O)[nH]1. The smallest absolute Gasteiger partial charge is 0.251 e. The fraction of sp³-hybridized carbons (Fsp3) is 0.375. The normalized spacial score (nSPS) is 9.83. The van der Waals surface area contributed by atoms with E-state index >= 15 is 0 Å². The third kappa shape index (κ3) is 2.10. The van der Waals surface area contributed by atoms with E-state index in [2.05, 4.69) is 4.98 Å². The molecule has 0 aliphatic heterocycles. The summed E-state index contributed by atoms with van der Waals surface area (Å²) >= 11 is 0. The van der Waals surface area contributed by atoms with E-state index in [1.54, 1.807) is 6.07 Å². The number of nitrogens with one attached hydrogen (secondary N) is 1. The number of aromatic amines is 1. The molecule has 0 unspecified atom stereocenters. The zero-order chi connectivity index (χ0) is 8.97. The molecule has 0 fully saturated rings. The number of pyridine rings is 1. The fourth-order valence-corrected chi connectivity index (χ4v) is 0.897. The molecule has 66 valence electrons. The Kier molecular flexibility index (Phi) is 2.88. The van der Waals surface area contributed by atoms with Crippen LogP contribution in [0, 0.1) is 0 Å². The van der Waals surface area contributed by atoms with Gasteiger partial charge in [0.05, 0.1) is 13.2 Å². The molecule has 0 atom stereocenters. The number of ether oxygens (including phenoxy) is 1. The monoisotopic (exact) mass is 169 g/mol. The van der Waals surface area contributed by atoms with Gasteiger partial charge >= 0.3 is 0 Å². The van der Waals surface area contributed by atoms with Crippen LogP contribution in [0.3, 0.4) is 0 Å². The third-order valence-corrected chi connectivity index (χ3v) is 1.36. The van der Waals surface area contributed by atoms with Crippen LogP contribution < -0.4 is 10.3 Å². The van der Waals surface area contributed by atoms with Crippen molar-refractivity contribution in [2.24, 2.45) is 0 Å². The topological polar surface area (TPSA) is 62.3 Å². The molecule has 0 aromatic carbocycles. The van der Waals surface area contributed by atoms with Gasteiger partial charge in [-0.25, -0.2) is 0 Å². The first-order valence-electron chi connectivity index (χ1n) is 3.73. The number of hydrogen-bond acceptors (Lipinski definition) is 3. The quantitative estimate of drug-likeness (QED) is 0.682. The molecule has 0 radical (unpaired) electrons. The number of H-pyrrole nitrogens is 1. The molecule has 0 amide bonds. The molecule has 1 heterocycles. The molecule has 1 aromatic rings. The van der Waals surface area contributed by atoms with Gasteiger partial charge < -0.3 is 9.84 Å². The second-order valence-electron chi connectivity index (χ2n) is 2.31. The third-order valence-electron chi connectivity index (χ3n) is 1.36. The van der Waals surface area contributed by atoms with Gasteiger partial charge in [0.1, 0.15) is 0 Å². The summed E-state index contributed by atoms with van der Waals surface area (Å²) in [4.78, 5) is 13.4. The Morgan fingerprint density at radius 1 is 1.58 bits per heavy atom. The lowest BCUT2D eigenvalue weighted by Gasteiger charge is -2.02. The zero-order valence-electron chi connectivity index (χ0n) is 6.83. The van der Waals surface area contributed by atoms with E-state index in [1.165, 1.54) is 6.07 Å². The Morgan fingerprint density at radius 2 is 2.33 bits per heavy atom. The van der Waals surface area contributed by atoms with Gasteiger partial charge in [0.15, 0.2) is 5.88 Å². The summed E-state index contributed by atoms with van der Waals surface area (Å²) in [5.41, 5.74) is 0.298. The maximum Gasteiger partial charge on any atom is 0.251 e. The van der Waals surface area contributed by atoms with Crippen molar-refractivity contribution >= 4 is 0 Å². The molecular weight excluding hydrogens is 158 g/mol. The van der Waals surface area contributed by atoms with Crippen LogP contribution in [-0.2, 0) is 6.61 Å². The standard InChI is InChI=1S/C8H11NO3/c1-2-12-8-4-6(5-10)3-7(11)9-8/h3-4,10H,2,5H2,1H3,(H,9,11). The highest BCUT2D eigenvalue weighted by molar-refractivity contribution is 5.19. The van der Waals surface area contributed by atoms with Crippen molar-refractivity contribution in [3.8, 4) is 5.88 Å². The van der Waals surface area contributed by atoms with Crippen LogP contribution in [0.1, 0.15) is 12.5 Å². The summed E-state index contributed by atoms with van der Waals surface area (Å²) in [7, 11) is 0. The predicted molar refractivity (Wildman–Crippen MR) is 44.2 cm³/mol. The summed E-state index contributed by atoms with van der Waals surface area (Å²) in [5.74, 6) is 0.397. The number of hydrogen-bond donors (Lipinski definition) is 2. The second-order valence-corrected chi connectivity index (χ2v) is 2.31. The van der Waals surface area contributed by atoms with Gasteiger partial charge in [0.2, 0.25) is 0 Å². The van der Waals surface area contributed by atoms with E-state index in [4.69, 9.17) is 9.84 Å². The number of aliphatic hydroxyl groups is 1. The first-order chi connectivity index (χ1) is 5.76. The largest absolute Gasteiger partial charge is 0.479 e. The van der Waals surface area contributed by atoms with Gasteiger partial charge in [-0.1, -0.05) is 0 Å². The Labute approximate surface area is 69.8 Å². The second kappa shape index (κ2) is 3.92.